The first-order valence-corrected chi connectivity index (χ1v) is 9.65. The number of benzene rings is 3. The van der Waals surface area contributed by atoms with Gasteiger partial charge in [0, 0.05) is 11.6 Å². The second-order valence-corrected chi connectivity index (χ2v) is 6.99. The smallest absolute Gasteiger partial charge is 0.187 e. The molecule has 0 amide bonds. The summed E-state index contributed by atoms with van der Waals surface area (Å²) in [7, 11) is 1.72. The van der Waals surface area contributed by atoms with E-state index in [1.807, 2.05) is 42.5 Å². The van der Waals surface area contributed by atoms with Crippen LogP contribution in [-0.2, 0) is 11.2 Å². The summed E-state index contributed by atoms with van der Waals surface area (Å²) in [5.74, 6) is -0.0590. The Kier molecular flexibility index (Phi) is 6.87. The number of carbonyl (C=O) groups excluding carboxylic acids is 1. The Morgan fingerprint density at radius 1 is 0.815 bits per heavy atom. The van der Waals surface area contributed by atoms with Crippen LogP contribution in [0.2, 0.25) is 0 Å². The first kappa shape index (κ1) is 19.0. The monoisotopic (exact) mass is 355 g/mol. The maximum absolute atomic E-state index is 12.6. The molecular formula is C24H26BNO. The molecule has 1 N–H and O–H groups in total. The molecule has 0 heterocycles. The molecule has 0 aliphatic carbocycles. The molecule has 0 radical (unpaired) electrons. The van der Waals surface area contributed by atoms with Crippen LogP contribution in [0.3, 0.4) is 0 Å². The number of rotatable bonds is 9. The zero-order valence-corrected chi connectivity index (χ0v) is 15.8. The second kappa shape index (κ2) is 9.77. The van der Waals surface area contributed by atoms with Gasteiger partial charge in [0.1, 0.15) is 0 Å². The molecular weight excluding hydrogens is 329 g/mol. The quantitative estimate of drug-likeness (QED) is 0.567. The van der Waals surface area contributed by atoms with Crippen LogP contribution in [0, 0.1) is 5.92 Å². The van der Waals surface area contributed by atoms with E-state index in [-0.39, 0.29) is 17.6 Å². The van der Waals surface area contributed by atoms with E-state index in [0.717, 1.165) is 30.5 Å². The average Bonchev–Trinajstić information content (AvgIpc) is 2.72. The van der Waals surface area contributed by atoms with E-state index in [0.29, 0.717) is 0 Å². The van der Waals surface area contributed by atoms with Crippen molar-refractivity contribution in [3.63, 3.8) is 0 Å². The van der Waals surface area contributed by atoms with Gasteiger partial charge in [-0.05, 0) is 42.5 Å². The third-order valence-electron chi connectivity index (χ3n) is 5.00. The minimum atomic E-state index is -0.0590. The summed E-state index contributed by atoms with van der Waals surface area (Å²) >= 11 is 0. The molecule has 3 rings (SSSR count). The van der Waals surface area contributed by atoms with Gasteiger partial charge < -0.3 is 10.1 Å². The van der Waals surface area contributed by atoms with Crippen molar-refractivity contribution in [2.24, 2.45) is 5.92 Å². The van der Waals surface area contributed by atoms with Crippen LogP contribution >= 0.6 is 0 Å². The fraction of sp³-hybridized carbons (Fsp3) is 0.208. The summed E-state index contributed by atoms with van der Waals surface area (Å²) in [6.07, 6.45) is 2.86. The summed E-state index contributed by atoms with van der Waals surface area (Å²) in [6, 6.07) is 30.9. The van der Waals surface area contributed by atoms with Crippen LogP contribution in [0.5, 0.6) is 0 Å². The zero-order valence-electron chi connectivity index (χ0n) is 15.8. The molecule has 2 atom stereocenters. The van der Waals surface area contributed by atoms with E-state index in [9.17, 15) is 4.79 Å². The number of anilines is 1. The van der Waals surface area contributed by atoms with Crippen molar-refractivity contribution in [2.45, 2.75) is 25.3 Å². The second-order valence-electron chi connectivity index (χ2n) is 6.99. The van der Waals surface area contributed by atoms with Gasteiger partial charge in [0.15, 0.2) is 7.85 Å². The Hall–Kier alpha value is -2.81. The van der Waals surface area contributed by atoms with Crippen LogP contribution in [-0.4, -0.2) is 13.5 Å². The van der Waals surface area contributed by atoms with Crippen molar-refractivity contribution in [1.29, 1.82) is 0 Å². The van der Waals surface area contributed by atoms with Crippen molar-refractivity contribution >= 4 is 19.2 Å². The first-order chi connectivity index (χ1) is 13.2. The molecule has 3 heteroatoms. The van der Waals surface area contributed by atoms with Gasteiger partial charge in [-0.3, -0.25) is 0 Å². The molecule has 0 spiro atoms. The molecule has 0 fully saturated rings. The molecule has 0 saturated heterocycles. The molecule has 0 bridgehead atoms. The minimum absolute atomic E-state index is 0.0260. The topological polar surface area (TPSA) is 29.1 Å². The Balaban J connectivity index is 1.77. The highest BCUT2D eigenvalue weighted by molar-refractivity contribution is 6.58. The van der Waals surface area contributed by atoms with E-state index in [1.54, 1.807) is 7.85 Å². The van der Waals surface area contributed by atoms with Crippen LogP contribution in [0.25, 0.3) is 0 Å². The third-order valence-corrected chi connectivity index (χ3v) is 5.00. The zero-order chi connectivity index (χ0) is 18.9. The summed E-state index contributed by atoms with van der Waals surface area (Å²) in [4.78, 5) is 12.6. The SMILES string of the molecule is BC(=O)C(CCCc1ccccc1)C(Nc1ccccc1)c1ccccc1. The van der Waals surface area contributed by atoms with Crippen molar-refractivity contribution in [3.8, 4) is 0 Å². The predicted molar refractivity (Wildman–Crippen MR) is 116 cm³/mol. The molecule has 0 saturated carbocycles. The standard InChI is InChI=1S/C24H26BNO/c25-24(27)22(18-10-13-19-11-4-1-5-12-19)23(20-14-6-2-7-15-20)26-21-16-8-3-9-17-21/h1-9,11-12,14-17,22-23,26H,10,13,18,25H2. The van der Waals surface area contributed by atoms with Crippen molar-refractivity contribution < 1.29 is 4.79 Å². The van der Waals surface area contributed by atoms with E-state index < -0.39 is 0 Å². The van der Waals surface area contributed by atoms with E-state index in [2.05, 4.69) is 53.8 Å². The van der Waals surface area contributed by atoms with Crippen molar-refractivity contribution in [3.05, 3.63) is 102 Å². The summed E-state index contributed by atoms with van der Waals surface area (Å²) in [5.41, 5.74) is 3.76. The molecule has 2 unspecified atom stereocenters. The van der Waals surface area contributed by atoms with Gasteiger partial charge in [-0.25, -0.2) is 0 Å². The van der Waals surface area contributed by atoms with E-state index >= 15 is 0 Å². The normalized spacial score (nSPS) is 12.9. The van der Waals surface area contributed by atoms with Crippen molar-refractivity contribution in [1.82, 2.24) is 0 Å². The molecule has 136 valence electrons. The molecule has 2 nitrogen and oxygen atoms in total. The molecule has 27 heavy (non-hydrogen) atoms. The molecule has 0 aliphatic rings. The Labute approximate surface area is 163 Å². The van der Waals surface area contributed by atoms with Gasteiger partial charge in [-0.1, -0.05) is 78.9 Å². The molecule has 0 aromatic heterocycles. The highest BCUT2D eigenvalue weighted by Crippen LogP contribution is 2.30. The number of carbonyl (C=O) groups is 1. The van der Waals surface area contributed by atoms with Crippen LogP contribution in [0.4, 0.5) is 5.69 Å². The van der Waals surface area contributed by atoms with Gasteiger partial charge in [0.25, 0.3) is 0 Å². The highest BCUT2D eigenvalue weighted by Gasteiger charge is 2.26. The Bertz CT molecular complexity index is 821. The van der Waals surface area contributed by atoms with Gasteiger partial charge in [-0.15, -0.1) is 0 Å². The maximum Gasteiger partial charge on any atom is 0.187 e. The van der Waals surface area contributed by atoms with Crippen molar-refractivity contribution in [2.75, 3.05) is 5.32 Å². The fourth-order valence-electron chi connectivity index (χ4n) is 3.57. The van der Waals surface area contributed by atoms with Crippen LogP contribution in [0.15, 0.2) is 91.0 Å². The van der Waals surface area contributed by atoms with Gasteiger partial charge in [0.2, 0.25) is 0 Å². The molecule has 3 aromatic rings. The van der Waals surface area contributed by atoms with Crippen LogP contribution < -0.4 is 5.32 Å². The average molecular weight is 355 g/mol. The predicted octanol–water partition coefficient (Wildman–Crippen LogP) is 4.64. The Morgan fingerprint density at radius 2 is 1.37 bits per heavy atom. The largest absolute Gasteiger partial charge is 0.378 e. The van der Waals surface area contributed by atoms with Gasteiger partial charge >= 0.3 is 0 Å². The maximum atomic E-state index is 12.6. The summed E-state index contributed by atoms with van der Waals surface area (Å²) < 4.78 is 0. The summed E-state index contributed by atoms with van der Waals surface area (Å²) in [6.45, 7) is 0. The lowest BCUT2D eigenvalue weighted by Crippen LogP contribution is -2.28. The third kappa shape index (κ3) is 5.58. The number of hydrogen-bond acceptors (Lipinski definition) is 2. The number of hydrogen-bond donors (Lipinski definition) is 1. The highest BCUT2D eigenvalue weighted by atomic mass is 16.1. The number of para-hydroxylation sites is 1. The van der Waals surface area contributed by atoms with Gasteiger partial charge in [-0.2, -0.15) is 0 Å². The minimum Gasteiger partial charge on any atom is -0.378 e. The van der Waals surface area contributed by atoms with Crippen LogP contribution in [0.1, 0.15) is 30.0 Å². The van der Waals surface area contributed by atoms with Gasteiger partial charge in [0.05, 0.1) is 11.7 Å². The molecule has 3 aromatic carbocycles. The fourth-order valence-corrected chi connectivity index (χ4v) is 3.57. The lowest BCUT2D eigenvalue weighted by molar-refractivity contribution is -0.115. The lowest BCUT2D eigenvalue weighted by atomic mass is 9.78. The lowest BCUT2D eigenvalue weighted by Gasteiger charge is -2.28. The first-order valence-electron chi connectivity index (χ1n) is 9.65. The number of aryl methyl sites for hydroxylation is 1. The number of nitrogens with one attached hydrogen (secondary N) is 1. The summed E-state index contributed by atoms with van der Waals surface area (Å²) in [5, 5.41) is 3.60. The Morgan fingerprint density at radius 3 is 1.96 bits per heavy atom. The molecule has 0 aliphatic heterocycles. The van der Waals surface area contributed by atoms with E-state index in [4.69, 9.17) is 0 Å². The van der Waals surface area contributed by atoms with E-state index in [1.165, 1.54) is 5.56 Å².